The van der Waals surface area contributed by atoms with Gasteiger partial charge < -0.3 is 9.47 Å². The maximum absolute atomic E-state index is 2.65. The monoisotopic (exact) mass is 270 g/mol. The molecule has 2 heteroatoms. The van der Waals surface area contributed by atoms with Gasteiger partial charge in [-0.05, 0) is 50.1 Å². The highest BCUT2D eigenvalue weighted by Crippen LogP contribution is 2.30. The van der Waals surface area contributed by atoms with Crippen LogP contribution in [0.15, 0.2) is 30.3 Å². The number of hydrogen-bond acceptors (Lipinski definition) is 1. The molecular weight excluding hydrogens is 244 g/mol. The standard InChI is InChI=1S/C18H26N2/c1-14(2)20(13-15-8-9-15)11-10-17-12-16-6-4-5-7-18(16)19(17)3/h4-7,12,14-15H,8-11,13H2,1-3H3. The first-order valence-electron chi connectivity index (χ1n) is 7.92. The summed E-state index contributed by atoms with van der Waals surface area (Å²) in [6.07, 6.45) is 4.03. The second-order valence-corrected chi connectivity index (χ2v) is 6.54. The third kappa shape index (κ3) is 2.90. The van der Waals surface area contributed by atoms with Crippen LogP contribution in [0.4, 0.5) is 0 Å². The molecule has 0 N–H and O–H groups in total. The smallest absolute Gasteiger partial charge is 0.0479 e. The molecule has 0 unspecified atom stereocenters. The quantitative estimate of drug-likeness (QED) is 0.774. The maximum Gasteiger partial charge on any atom is 0.0479 e. The highest BCUT2D eigenvalue weighted by Gasteiger charge is 2.25. The second kappa shape index (κ2) is 5.61. The SMILES string of the molecule is CC(C)N(CCc1cc2ccccc2n1C)CC1CC1. The molecule has 20 heavy (non-hydrogen) atoms. The molecule has 1 aromatic carbocycles. The van der Waals surface area contributed by atoms with Gasteiger partial charge >= 0.3 is 0 Å². The normalized spacial score (nSPS) is 15.7. The van der Waals surface area contributed by atoms with Gasteiger partial charge in [-0.15, -0.1) is 0 Å². The predicted molar refractivity (Wildman–Crippen MR) is 86.1 cm³/mol. The lowest BCUT2D eigenvalue weighted by Crippen LogP contribution is -2.34. The van der Waals surface area contributed by atoms with E-state index in [1.807, 2.05) is 0 Å². The summed E-state index contributed by atoms with van der Waals surface area (Å²) in [4.78, 5) is 2.65. The molecule has 1 heterocycles. The Labute approximate surface area is 122 Å². The molecule has 1 fully saturated rings. The van der Waals surface area contributed by atoms with E-state index in [0.717, 1.165) is 12.3 Å². The van der Waals surface area contributed by atoms with Crippen molar-refractivity contribution in [2.24, 2.45) is 13.0 Å². The fourth-order valence-electron chi connectivity index (χ4n) is 3.04. The summed E-state index contributed by atoms with van der Waals surface area (Å²) in [5.41, 5.74) is 2.80. The summed E-state index contributed by atoms with van der Waals surface area (Å²) >= 11 is 0. The van der Waals surface area contributed by atoms with E-state index < -0.39 is 0 Å². The van der Waals surface area contributed by atoms with Crippen molar-refractivity contribution >= 4 is 10.9 Å². The van der Waals surface area contributed by atoms with Crippen LogP contribution in [0.5, 0.6) is 0 Å². The zero-order valence-corrected chi connectivity index (χ0v) is 13.0. The van der Waals surface area contributed by atoms with Crippen molar-refractivity contribution < 1.29 is 0 Å². The average molecular weight is 270 g/mol. The molecule has 0 saturated heterocycles. The van der Waals surface area contributed by atoms with Crippen molar-refractivity contribution in [1.82, 2.24) is 9.47 Å². The zero-order valence-electron chi connectivity index (χ0n) is 13.0. The zero-order chi connectivity index (χ0) is 14.1. The highest BCUT2D eigenvalue weighted by atomic mass is 15.1. The molecule has 3 rings (SSSR count). The van der Waals surface area contributed by atoms with Crippen LogP contribution in [0.25, 0.3) is 10.9 Å². The van der Waals surface area contributed by atoms with Gasteiger partial charge in [-0.25, -0.2) is 0 Å². The summed E-state index contributed by atoms with van der Waals surface area (Å²) in [6, 6.07) is 11.7. The van der Waals surface area contributed by atoms with Crippen LogP contribution in [0, 0.1) is 5.92 Å². The van der Waals surface area contributed by atoms with Gasteiger partial charge in [-0.3, -0.25) is 0 Å². The Morgan fingerprint density at radius 2 is 2.00 bits per heavy atom. The van der Waals surface area contributed by atoms with Crippen molar-refractivity contribution in [3.8, 4) is 0 Å². The van der Waals surface area contributed by atoms with E-state index in [9.17, 15) is 0 Å². The molecule has 0 aliphatic heterocycles. The van der Waals surface area contributed by atoms with E-state index in [1.165, 1.54) is 42.5 Å². The summed E-state index contributed by atoms with van der Waals surface area (Å²) in [7, 11) is 2.19. The summed E-state index contributed by atoms with van der Waals surface area (Å²) in [5.74, 6) is 0.977. The number of hydrogen-bond donors (Lipinski definition) is 0. The largest absolute Gasteiger partial charge is 0.348 e. The summed E-state index contributed by atoms with van der Waals surface area (Å²) in [5, 5.41) is 1.36. The minimum Gasteiger partial charge on any atom is -0.348 e. The number of aryl methyl sites for hydroxylation is 1. The Kier molecular flexibility index (Phi) is 3.84. The van der Waals surface area contributed by atoms with E-state index in [0.29, 0.717) is 6.04 Å². The Hall–Kier alpha value is -1.28. The molecule has 108 valence electrons. The Morgan fingerprint density at radius 3 is 2.65 bits per heavy atom. The minimum absolute atomic E-state index is 0.658. The van der Waals surface area contributed by atoms with Gasteiger partial charge in [0.2, 0.25) is 0 Å². The summed E-state index contributed by atoms with van der Waals surface area (Å²) in [6.45, 7) is 7.12. The molecule has 0 atom stereocenters. The summed E-state index contributed by atoms with van der Waals surface area (Å²) < 4.78 is 2.35. The van der Waals surface area contributed by atoms with Gasteiger partial charge in [0.1, 0.15) is 0 Å². The number of benzene rings is 1. The van der Waals surface area contributed by atoms with E-state index in [2.05, 4.69) is 60.7 Å². The first-order chi connectivity index (χ1) is 9.65. The molecule has 0 spiro atoms. The Morgan fingerprint density at radius 1 is 1.25 bits per heavy atom. The van der Waals surface area contributed by atoms with Crippen LogP contribution in [0.3, 0.4) is 0 Å². The molecule has 0 radical (unpaired) electrons. The second-order valence-electron chi connectivity index (χ2n) is 6.54. The van der Waals surface area contributed by atoms with Gasteiger partial charge in [0.05, 0.1) is 0 Å². The fourth-order valence-corrected chi connectivity index (χ4v) is 3.04. The molecule has 2 aromatic rings. The lowest BCUT2D eigenvalue weighted by Gasteiger charge is -2.26. The maximum atomic E-state index is 2.65. The van der Waals surface area contributed by atoms with Crippen molar-refractivity contribution in [3.05, 3.63) is 36.0 Å². The topological polar surface area (TPSA) is 8.17 Å². The van der Waals surface area contributed by atoms with Crippen LogP contribution >= 0.6 is 0 Å². The minimum atomic E-state index is 0.658. The number of fused-ring (bicyclic) bond motifs is 1. The molecule has 1 aliphatic carbocycles. The number of nitrogens with zero attached hydrogens (tertiary/aromatic N) is 2. The van der Waals surface area contributed by atoms with Crippen LogP contribution in [0.2, 0.25) is 0 Å². The third-order valence-corrected chi connectivity index (χ3v) is 4.63. The van der Waals surface area contributed by atoms with Gasteiger partial charge in [-0.2, -0.15) is 0 Å². The van der Waals surface area contributed by atoms with E-state index in [-0.39, 0.29) is 0 Å². The van der Waals surface area contributed by atoms with E-state index >= 15 is 0 Å². The van der Waals surface area contributed by atoms with E-state index in [4.69, 9.17) is 0 Å². The van der Waals surface area contributed by atoms with Crippen LogP contribution in [0.1, 0.15) is 32.4 Å². The van der Waals surface area contributed by atoms with Crippen molar-refractivity contribution in [2.45, 2.75) is 39.2 Å². The van der Waals surface area contributed by atoms with Gasteiger partial charge in [-0.1, -0.05) is 18.2 Å². The first-order valence-corrected chi connectivity index (χ1v) is 7.92. The van der Waals surface area contributed by atoms with Gasteiger partial charge in [0.25, 0.3) is 0 Å². The van der Waals surface area contributed by atoms with Crippen LogP contribution in [-0.2, 0) is 13.5 Å². The Bertz CT molecular complexity index is 578. The number of rotatable bonds is 6. The molecule has 1 aromatic heterocycles. The third-order valence-electron chi connectivity index (χ3n) is 4.63. The molecule has 1 aliphatic rings. The number of para-hydroxylation sites is 1. The first kappa shape index (κ1) is 13.7. The van der Waals surface area contributed by atoms with E-state index in [1.54, 1.807) is 0 Å². The van der Waals surface area contributed by atoms with Crippen molar-refractivity contribution in [3.63, 3.8) is 0 Å². The van der Waals surface area contributed by atoms with Gasteiger partial charge in [0, 0.05) is 43.8 Å². The van der Waals surface area contributed by atoms with Crippen molar-refractivity contribution in [1.29, 1.82) is 0 Å². The average Bonchev–Trinajstić information content (AvgIpc) is 3.20. The number of aromatic nitrogens is 1. The Balaban J connectivity index is 1.70. The molecule has 0 amide bonds. The van der Waals surface area contributed by atoms with Crippen LogP contribution < -0.4 is 0 Å². The molecule has 1 saturated carbocycles. The fraction of sp³-hybridized carbons (Fsp3) is 0.556. The molecular formula is C18H26N2. The lowest BCUT2D eigenvalue weighted by molar-refractivity contribution is 0.214. The molecule has 0 bridgehead atoms. The van der Waals surface area contributed by atoms with Crippen molar-refractivity contribution in [2.75, 3.05) is 13.1 Å². The highest BCUT2D eigenvalue weighted by molar-refractivity contribution is 5.81. The van der Waals surface area contributed by atoms with Crippen LogP contribution in [-0.4, -0.2) is 28.6 Å². The predicted octanol–water partition coefficient (Wildman–Crippen LogP) is 3.84. The molecule has 2 nitrogen and oxygen atoms in total. The lowest BCUT2D eigenvalue weighted by atomic mass is 10.2. The van der Waals surface area contributed by atoms with Gasteiger partial charge in [0.15, 0.2) is 0 Å².